The molecule has 2 heterocycles. The summed E-state index contributed by atoms with van der Waals surface area (Å²) in [5.74, 6) is -1.10. The molecule has 11 heteroatoms. The molecule has 1 unspecified atom stereocenters. The number of fused-ring (bicyclic) bond motifs is 1. The Kier molecular flexibility index (Phi) is 6.91. The summed E-state index contributed by atoms with van der Waals surface area (Å²) in [5, 5.41) is 7.69. The van der Waals surface area contributed by atoms with Crippen molar-refractivity contribution in [1.82, 2.24) is 15.1 Å². The molecule has 1 saturated heterocycles. The summed E-state index contributed by atoms with van der Waals surface area (Å²) < 4.78 is 69.9. The molecule has 1 aliphatic heterocycles. The maximum Gasteiger partial charge on any atom is 0.387 e. The number of alkyl halides is 2. The lowest BCUT2D eigenvalue weighted by Crippen LogP contribution is -2.53. The van der Waals surface area contributed by atoms with Gasteiger partial charge in [-0.05, 0) is 64.7 Å². The lowest BCUT2D eigenvalue weighted by atomic mass is 9.84. The molecule has 0 radical (unpaired) electrons. The van der Waals surface area contributed by atoms with Gasteiger partial charge in [-0.3, -0.25) is 9.48 Å². The molecule has 192 valence electrons. The number of halogens is 3. The summed E-state index contributed by atoms with van der Waals surface area (Å²) in [4.78, 5) is 13.2. The van der Waals surface area contributed by atoms with Crippen molar-refractivity contribution in [2.24, 2.45) is 5.92 Å². The lowest BCUT2D eigenvalue weighted by Gasteiger charge is -2.36. The van der Waals surface area contributed by atoms with Gasteiger partial charge in [0.2, 0.25) is 5.91 Å². The first kappa shape index (κ1) is 25.5. The standard InChI is InChI=1S/C24H30F3N3O4S/c1-14(2)30-20-12-15(22(31)28-24(3)8-10-35(32,33)11-9-24)4-6-17(20)21(29-30)18-13-16(34-23(26)27)5-7-19(18)25/h5,7,13-15,23H,4,6,8-12H2,1-3H3,(H,28,31). The second kappa shape index (κ2) is 9.48. The van der Waals surface area contributed by atoms with Crippen molar-refractivity contribution in [3.8, 4) is 17.0 Å². The van der Waals surface area contributed by atoms with Gasteiger partial charge >= 0.3 is 6.61 Å². The minimum atomic E-state index is -3.05. The summed E-state index contributed by atoms with van der Waals surface area (Å²) >= 11 is 0. The summed E-state index contributed by atoms with van der Waals surface area (Å²) in [6.07, 6.45) is 2.14. The minimum absolute atomic E-state index is 0.0575. The lowest BCUT2D eigenvalue weighted by molar-refractivity contribution is -0.127. The summed E-state index contributed by atoms with van der Waals surface area (Å²) in [6, 6.07) is 3.39. The van der Waals surface area contributed by atoms with Crippen LogP contribution in [0.15, 0.2) is 18.2 Å². The zero-order chi connectivity index (χ0) is 25.5. The van der Waals surface area contributed by atoms with E-state index >= 15 is 0 Å². The van der Waals surface area contributed by atoms with Crippen molar-refractivity contribution in [2.45, 2.75) is 71.1 Å². The molecule has 35 heavy (non-hydrogen) atoms. The first-order valence-electron chi connectivity index (χ1n) is 11.7. The van der Waals surface area contributed by atoms with Crippen LogP contribution < -0.4 is 10.1 Å². The molecule has 2 aromatic rings. The predicted molar refractivity (Wildman–Crippen MR) is 125 cm³/mol. The normalized spacial score (nSPS) is 21.1. The van der Waals surface area contributed by atoms with E-state index in [2.05, 4.69) is 15.2 Å². The number of sulfone groups is 1. The highest BCUT2D eigenvalue weighted by atomic mass is 32.2. The van der Waals surface area contributed by atoms with Crippen LogP contribution in [-0.2, 0) is 27.5 Å². The second-order valence-electron chi connectivity index (χ2n) is 9.97. The third-order valence-electron chi connectivity index (χ3n) is 6.93. The number of amides is 1. The zero-order valence-corrected chi connectivity index (χ0v) is 20.8. The van der Waals surface area contributed by atoms with Gasteiger partial charge < -0.3 is 10.1 Å². The summed E-state index contributed by atoms with van der Waals surface area (Å²) in [5.41, 5.74) is 1.50. The number of hydrogen-bond donors (Lipinski definition) is 1. The van der Waals surface area contributed by atoms with E-state index in [9.17, 15) is 26.4 Å². The van der Waals surface area contributed by atoms with Crippen LogP contribution in [0.5, 0.6) is 5.75 Å². The van der Waals surface area contributed by atoms with Crippen molar-refractivity contribution >= 4 is 15.7 Å². The summed E-state index contributed by atoms with van der Waals surface area (Å²) in [7, 11) is -3.05. The van der Waals surface area contributed by atoms with E-state index in [1.54, 1.807) is 4.68 Å². The fourth-order valence-electron chi connectivity index (χ4n) is 4.88. The van der Waals surface area contributed by atoms with Gasteiger partial charge in [0.15, 0.2) is 0 Å². The number of nitrogens with one attached hydrogen (secondary N) is 1. The molecule has 1 aromatic carbocycles. The fraction of sp³-hybridized carbons (Fsp3) is 0.583. The number of rotatable bonds is 6. The maximum absolute atomic E-state index is 14.7. The van der Waals surface area contributed by atoms with Crippen molar-refractivity contribution in [3.63, 3.8) is 0 Å². The van der Waals surface area contributed by atoms with E-state index in [0.717, 1.165) is 23.4 Å². The third kappa shape index (κ3) is 5.49. The van der Waals surface area contributed by atoms with Crippen LogP contribution in [0.2, 0.25) is 0 Å². The van der Waals surface area contributed by atoms with Crippen molar-refractivity contribution in [2.75, 3.05) is 11.5 Å². The molecular formula is C24H30F3N3O4S. The Hall–Kier alpha value is -2.56. The highest BCUT2D eigenvalue weighted by molar-refractivity contribution is 7.91. The van der Waals surface area contributed by atoms with Gasteiger partial charge in [-0.25, -0.2) is 12.8 Å². The van der Waals surface area contributed by atoms with Crippen LogP contribution in [0.3, 0.4) is 0 Å². The van der Waals surface area contributed by atoms with E-state index in [4.69, 9.17) is 0 Å². The molecule has 0 spiro atoms. The Bertz CT molecular complexity index is 1210. The molecule has 1 aromatic heterocycles. The topological polar surface area (TPSA) is 90.3 Å². The number of ether oxygens (including phenoxy) is 1. The highest BCUT2D eigenvalue weighted by Gasteiger charge is 2.38. The van der Waals surface area contributed by atoms with Gasteiger partial charge in [0.05, 0.1) is 17.2 Å². The molecule has 1 aliphatic carbocycles. The average molecular weight is 514 g/mol. The Morgan fingerprint density at radius 1 is 1.26 bits per heavy atom. The maximum atomic E-state index is 14.7. The number of aromatic nitrogens is 2. The molecule has 1 atom stereocenters. The van der Waals surface area contributed by atoms with Crippen LogP contribution in [0, 0.1) is 11.7 Å². The van der Waals surface area contributed by atoms with E-state index in [1.165, 1.54) is 6.07 Å². The Morgan fingerprint density at radius 2 is 1.94 bits per heavy atom. The minimum Gasteiger partial charge on any atom is -0.435 e. The van der Waals surface area contributed by atoms with Crippen LogP contribution in [0.25, 0.3) is 11.3 Å². The fourth-order valence-corrected chi connectivity index (χ4v) is 6.61. The number of carbonyl (C=O) groups is 1. The van der Waals surface area contributed by atoms with Gasteiger partial charge in [-0.15, -0.1) is 0 Å². The predicted octanol–water partition coefficient (Wildman–Crippen LogP) is 4.06. The van der Waals surface area contributed by atoms with Crippen LogP contribution in [-0.4, -0.2) is 47.8 Å². The van der Waals surface area contributed by atoms with E-state index < -0.39 is 27.8 Å². The van der Waals surface area contributed by atoms with Gasteiger partial charge in [0, 0.05) is 40.7 Å². The highest BCUT2D eigenvalue weighted by Crippen LogP contribution is 2.37. The van der Waals surface area contributed by atoms with Gasteiger partial charge in [0.1, 0.15) is 21.4 Å². The molecule has 0 saturated carbocycles. The number of carbonyl (C=O) groups excluding carboxylic acids is 1. The zero-order valence-electron chi connectivity index (χ0n) is 20.0. The third-order valence-corrected chi connectivity index (χ3v) is 8.59. The number of nitrogens with zero attached hydrogens (tertiary/aromatic N) is 2. The monoisotopic (exact) mass is 513 g/mol. The van der Waals surface area contributed by atoms with Crippen LogP contribution >= 0.6 is 0 Å². The first-order valence-corrected chi connectivity index (χ1v) is 13.6. The largest absolute Gasteiger partial charge is 0.435 e. The smallest absolute Gasteiger partial charge is 0.387 e. The molecule has 1 fully saturated rings. The van der Waals surface area contributed by atoms with Gasteiger partial charge in [-0.2, -0.15) is 13.9 Å². The van der Waals surface area contributed by atoms with Crippen LogP contribution in [0.1, 0.15) is 57.3 Å². The Labute approximate surface area is 203 Å². The van der Waals surface area contributed by atoms with E-state index in [0.29, 0.717) is 37.8 Å². The van der Waals surface area contributed by atoms with Gasteiger partial charge in [-0.1, -0.05) is 0 Å². The van der Waals surface area contributed by atoms with Crippen molar-refractivity contribution in [1.29, 1.82) is 0 Å². The molecule has 4 rings (SSSR count). The average Bonchev–Trinajstić information content (AvgIpc) is 3.16. The van der Waals surface area contributed by atoms with Crippen LogP contribution in [0.4, 0.5) is 13.2 Å². The number of hydrogen-bond acceptors (Lipinski definition) is 5. The van der Waals surface area contributed by atoms with E-state index in [-0.39, 0.29) is 40.7 Å². The summed E-state index contributed by atoms with van der Waals surface area (Å²) in [6.45, 7) is 2.70. The SMILES string of the molecule is CC(C)n1nc(-c2cc(OC(F)F)ccc2F)c2c1CC(C(=O)NC1(C)CCS(=O)(=O)CC1)CC2. The molecule has 1 amide bonds. The Morgan fingerprint density at radius 3 is 2.57 bits per heavy atom. The molecule has 1 N–H and O–H groups in total. The molecule has 7 nitrogen and oxygen atoms in total. The Balaban J connectivity index is 1.60. The van der Waals surface area contributed by atoms with Crippen molar-refractivity contribution < 1.29 is 31.1 Å². The van der Waals surface area contributed by atoms with E-state index in [1.807, 2.05) is 20.8 Å². The number of benzene rings is 1. The quantitative estimate of drug-likeness (QED) is 0.629. The van der Waals surface area contributed by atoms with Crippen molar-refractivity contribution in [3.05, 3.63) is 35.3 Å². The second-order valence-corrected chi connectivity index (χ2v) is 12.3. The molecular weight excluding hydrogens is 483 g/mol. The molecule has 2 aliphatic rings. The first-order chi connectivity index (χ1) is 16.4. The molecule has 0 bridgehead atoms. The van der Waals surface area contributed by atoms with Gasteiger partial charge in [0.25, 0.3) is 0 Å².